The maximum absolute atomic E-state index is 13.1. The maximum atomic E-state index is 13.1. The average Bonchev–Trinajstić information content (AvgIpc) is 3.17. The van der Waals surface area contributed by atoms with Crippen LogP contribution < -0.4 is 10.1 Å². The Morgan fingerprint density at radius 3 is 2.50 bits per heavy atom. The number of rotatable bonds is 7. The third-order valence-electron chi connectivity index (χ3n) is 5.67. The van der Waals surface area contributed by atoms with E-state index in [0.29, 0.717) is 30.7 Å². The van der Waals surface area contributed by atoms with Crippen molar-refractivity contribution in [2.45, 2.75) is 38.3 Å². The second-order valence-corrected chi connectivity index (χ2v) is 10.0. The summed E-state index contributed by atoms with van der Waals surface area (Å²) >= 11 is 0. The average molecular weight is 438 g/mol. The number of nitrogens with zero attached hydrogens (tertiary/aromatic N) is 2. The number of urea groups is 1. The van der Waals surface area contributed by atoms with Crippen LogP contribution in [0.3, 0.4) is 0 Å². The van der Waals surface area contributed by atoms with Gasteiger partial charge in [0.15, 0.2) is 9.84 Å². The van der Waals surface area contributed by atoms with Gasteiger partial charge in [0.2, 0.25) is 5.91 Å². The molecule has 0 aromatic heterocycles. The van der Waals surface area contributed by atoms with Crippen LogP contribution in [0.1, 0.15) is 32.3 Å². The van der Waals surface area contributed by atoms with Gasteiger partial charge in [0, 0.05) is 12.6 Å². The van der Waals surface area contributed by atoms with Crippen LogP contribution in [0.5, 0.6) is 5.75 Å². The Balaban J connectivity index is 1.77. The summed E-state index contributed by atoms with van der Waals surface area (Å²) in [6.07, 6.45) is 1.02. The number of hydrogen-bond acceptors (Lipinski definition) is 6. The van der Waals surface area contributed by atoms with Crippen molar-refractivity contribution in [3.05, 3.63) is 29.8 Å². The molecule has 2 atom stereocenters. The smallest absolute Gasteiger partial charge is 0.325 e. The maximum Gasteiger partial charge on any atom is 0.325 e. The number of ether oxygens (including phenoxy) is 1. The number of nitrogens with one attached hydrogen (secondary N) is 1. The Hall–Kier alpha value is -2.62. The summed E-state index contributed by atoms with van der Waals surface area (Å²) in [4.78, 5) is 41.0. The normalized spacial score (nSPS) is 25.3. The van der Waals surface area contributed by atoms with Crippen LogP contribution in [0.15, 0.2) is 24.3 Å². The number of carbonyl (C=O) groups excluding carboxylic acids is 3. The fourth-order valence-corrected chi connectivity index (χ4v) is 5.69. The van der Waals surface area contributed by atoms with Crippen molar-refractivity contribution in [2.24, 2.45) is 0 Å². The van der Waals surface area contributed by atoms with E-state index in [-0.39, 0.29) is 11.5 Å². The molecule has 164 valence electrons. The molecule has 0 aliphatic carbocycles. The lowest BCUT2D eigenvalue weighted by atomic mass is 9.92. The third-order valence-corrected chi connectivity index (χ3v) is 7.42. The van der Waals surface area contributed by atoms with E-state index < -0.39 is 45.8 Å². The molecule has 1 N–H and O–H groups in total. The van der Waals surface area contributed by atoms with Crippen LogP contribution in [0.4, 0.5) is 4.79 Å². The van der Waals surface area contributed by atoms with E-state index in [0.717, 1.165) is 4.90 Å². The molecule has 2 fully saturated rings. The van der Waals surface area contributed by atoms with E-state index in [2.05, 4.69) is 5.32 Å². The van der Waals surface area contributed by atoms with Crippen LogP contribution in [0.25, 0.3) is 0 Å². The van der Waals surface area contributed by atoms with Gasteiger partial charge >= 0.3 is 6.03 Å². The van der Waals surface area contributed by atoms with Crippen molar-refractivity contribution >= 4 is 27.7 Å². The molecule has 0 saturated carbocycles. The van der Waals surface area contributed by atoms with Gasteiger partial charge in [-0.2, -0.15) is 0 Å². The SMILES string of the molecule is CCCN(C(=O)CN1C(=O)NC(C)(c2ccc(OC)cc2)C1=O)C1CCS(=O)(=O)C1. The first kappa shape index (κ1) is 22.1. The Morgan fingerprint density at radius 2 is 1.97 bits per heavy atom. The predicted octanol–water partition coefficient (Wildman–Crippen LogP) is 0.888. The first-order valence-electron chi connectivity index (χ1n) is 9.90. The van der Waals surface area contributed by atoms with Crippen molar-refractivity contribution in [2.75, 3.05) is 31.7 Å². The highest BCUT2D eigenvalue weighted by Crippen LogP contribution is 2.30. The molecule has 1 aromatic carbocycles. The highest BCUT2D eigenvalue weighted by atomic mass is 32.2. The highest BCUT2D eigenvalue weighted by Gasteiger charge is 2.50. The molecule has 1 aromatic rings. The predicted molar refractivity (Wildman–Crippen MR) is 110 cm³/mol. The van der Waals surface area contributed by atoms with Gasteiger partial charge in [-0.15, -0.1) is 0 Å². The summed E-state index contributed by atoms with van der Waals surface area (Å²) in [7, 11) is -1.63. The minimum absolute atomic E-state index is 0.0455. The molecule has 0 radical (unpaired) electrons. The lowest BCUT2D eigenvalue weighted by molar-refractivity contribution is -0.140. The summed E-state index contributed by atoms with van der Waals surface area (Å²) < 4.78 is 28.8. The van der Waals surface area contributed by atoms with Crippen LogP contribution in [0.2, 0.25) is 0 Å². The molecule has 2 saturated heterocycles. The van der Waals surface area contributed by atoms with Crippen LogP contribution >= 0.6 is 0 Å². The Bertz CT molecular complexity index is 946. The second-order valence-electron chi connectivity index (χ2n) is 7.82. The van der Waals surface area contributed by atoms with Crippen molar-refractivity contribution in [1.82, 2.24) is 15.1 Å². The summed E-state index contributed by atoms with van der Waals surface area (Å²) in [5.41, 5.74) is -0.723. The first-order valence-corrected chi connectivity index (χ1v) is 11.7. The Kier molecular flexibility index (Phi) is 6.07. The third kappa shape index (κ3) is 4.14. The molecule has 30 heavy (non-hydrogen) atoms. The van der Waals surface area contributed by atoms with E-state index in [9.17, 15) is 22.8 Å². The highest BCUT2D eigenvalue weighted by molar-refractivity contribution is 7.91. The minimum Gasteiger partial charge on any atom is -0.497 e. The molecule has 0 spiro atoms. The standard InChI is InChI=1S/C20H27N3O6S/c1-4-10-22(15-9-11-30(27,28)13-15)17(24)12-23-18(25)20(2,21-19(23)26)14-5-7-16(29-3)8-6-14/h5-8,15H,4,9-13H2,1-3H3,(H,21,26). The van der Waals surface area contributed by atoms with E-state index in [1.54, 1.807) is 31.2 Å². The number of amides is 4. The number of hydrogen-bond donors (Lipinski definition) is 1. The van der Waals surface area contributed by atoms with Gasteiger partial charge in [-0.25, -0.2) is 13.2 Å². The zero-order valence-corrected chi connectivity index (χ0v) is 18.2. The summed E-state index contributed by atoms with van der Waals surface area (Å²) in [5, 5.41) is 2.67. The number of carbonyl (C=O) groups is 3. The van der Waals surface area contributed by atoms with Gasteiger partial charge in [-0.1, -0.05) is 19.1 Å². The lowest BCUT2D eigenvalue weighted by Gasteiger charge is -2.29. The lowest BCUT2D eigenvalue weighted by Crippen LogP contribution is -2.48. The molecule has 4 amide bonds. The Morgan fingerprint density at radius 1 is 1.30 bits per heavy atom. The summed E-state index contributed by atoms with van der Waals surface area (Å²) in [6, 6.07) is 5.69. The molecule has 3 rings (SSSR count). The molecule has 9 nitrogen and oxygen atoms in total. The molecule has 2 aliphatic heterocycles. The molecule has 2 heterocycles. The van der Waals surface area contributed by atoms with E-state index >= 15 is 0 Å². The number of methoxy groups -OCH3 is 1. The van der Waals surface area contributed by atoms with Gasteiger partial charge in [-0.05, 0) is 37.5 Å². The zero-order chi connectivity index (χ0) is 22.1. The van der Waals surface area contributed by atoms with Crippen molar-refractivity contribution in [3.63, 3.8) is 0 Å². The van der Waals surface area contributed by atoms with E-state index in [1.807, 2.05) is 6.92 Å². The van der Waals surface area contributed by atoms with Crippen LogP contribution in [-0.4, -0.2) is 73.8 Å². The summed E-state index contributed by atoms with van der Waals surface area (Å²) in [6.45, 7) is 3.43. The number of benzene rings is 1. The van der Waals surface area contributed by atoms with Crippen LogP contribution in [0, 0.1) is 0 Å². The number of sulfone groups is 1. The molecular formula is C20H27N3O6S. The minimum atomic E-state index is -3.17. The fraction of sp³-hybridized carbons (Fsp3) is 0.550. The molecule has 10 heteroatoms. The molecule has 0 bridgehead atoms. The van der Waals surface area contributed by atoms with E-state index in [1.165, 1.54) is 12.0 Å². The summed E-state index contributed by atoms with van der Waals surface area (Å²) in [5.74, 6) is -0.373. The topological polar surface area (TPSA) is 113 Å². The van der Waals surface area contributed by atoms with Crippen LogP contribution in [-0.2, 0) is 25.0 Å². The first-order chi connectivity index (χ1) is 14.1. The van der Waals surface area contributed by atoms with Crippen molar-refractivity contribution in [1.29, 1.82) is 0 Å². The quantitative estimate of drug-likeness (QED) is 0.634. The Labute approximate surface area is 176 Å². The molecular weight excluding hydrogens is 410 g/mol. The van der Waals surface area contributed by atoms with Crippen molar-refractivity contribution in [3.8, 4) is 5.75 Å². The molecule has 2 aliphatic rings. The van der Waals surface area contributed by atoms with Gasteiger partial charge < -0.3 is 15.0 Å². The van der Waals surface area contributed by atoms with E-state index in [4.69, 9.17) is 4.74 Å². The zero-order valence-electron chi connectivity index (χ0n) is 17.4. The monoisotopic (exact) mass is 437 g/mol. The van der Waals surface area contributed by atoms with Gasteiger partial charge in [0.1, 0.15) is 17.8 Å². The largest absolute Gasteiger partial charge is 0.497 e. The second kappa shape index (κ2) is 8.25. The molecule has 2 unspecified atom stereocenters. The van der Waals surface area contributed by atoms with Crippen molar-refractivity contribution < 1.29 is 27.5 Å². The fourth-order valence-electron chi connectivity index (χ4n) is 3.96. The number of imide groups is 1. The van der Waals surface area contributed by atoms with Gasteiger partial charge in [0.05, 0.1) is 18.6 Å². The van der Waals surface area contributed by atoms with Gasteiger partial charge in [0.25, 0.3) is 5.91 Å². The van der Waals surface area contributed by atoms with Gasteiger partial charge in [-0.3, -0.25) is 14.5 Å².